The molecule has 1 N–H and O–H groups in total. The van der Waals surface area contributed by atoms with Crippen molar-refractivity contribution in [1.82, 2.24) is 9.97 Å². The van der Waals surface area contributed by atoms with Crippen LogP contribution in [-0.4, -0.2) is 23.0 Å². The molecule has 4 rings (SSSR count). The maximum Gasteiger partial charge on any atom is 0.341 e. The van der Waals surface area contributed by atoms with Crippen LogP contribution in [0.5, 0.6) is 5.75 Å². The summed E-state index contributed by atoms with van der Waals surface area (Å²) in [5, 5.41) is 0.639. The fourth-order valence-corrected chi connectivity index (χ4v) is 5.02. The molecule has 1 aromatic carbocycles. The molecule has 1 aliphatic rings. The van der Waals surface area contributed by atoms with Crippen molar-refractivity contribution in [1.29, 1.82) is 0 Å². The number of methoxy groups -OCH3 is 1. The topological polar surface area (TPSA) is 81.3 Å². The second-order valence-corrected chi connectivity index (χ2v) is 8.46. The molecule has 6 nitrogen and oxygen atoms in total. The molecule has 2 atom stereocenters. The van der Waals surface area contributed by atoms with Gasteiger partial charge in [-0.25, -0.2) is 14.2 Å². The van der Waals surface area contributed by atoms with Crippen molar-refractivity contribution in [2.75, 3.05) is 7.11 Å². The van der Waals surface area contributed by atoms with Crippen molar-refractivity contribution >= 4 is 27.5 Å². The third kappa shape index (κ3) is 3.64. The van der Waals surface area contributed by atoms with Crippen LogP contribution in [0.25, 0.3) is 10.2 Å². The first-order chi connectivity index (χ1) is 13.9. The Hall–Kier alpha value is -2.74. The van der Waals surface area contributed by atoms with E-state index in [4.69, 9.17) is 9.47 Å². The van der Waals surface area contributed by atoms with Gasteiger partial charge >= 0.3 is 5.97 Å². The first-order valence-corrected chi connectivity index (χ1v) is 10.3. The van der Waals surface area contributed by atoms with Crippen LogP contribution in [0.1, 0.15) is 53.0 Å². The lowest BCUT2D eigenvalue weighted by Gasteiger charge is -2.17. The molecular formula is C21H21FN2O4S. The number of esters is 1. The van der Waals surface area contributed by atoms with Crippen LogP contribution in [0.4, 0.5) is 4.39 Å². The molecule has 0 unspecified atom stereocenters. The molecule has 0 saturated carbocycles. The van der Waals surface area contributed by atoms with Gasteiger partial charge in [-0.1, -0.05) is 6.92 Å². The predicted molar refractivity (Wildman–Crippen MR) is 108 cm³/mol. The van der Waals surface area contributed by atoms with Crippen LogP contribution in [0.3, 0.4) is 0 Å². The second-order valence-electron chi connectivity index (χ2n) is 7.38. The summed E-state index contributed by atoms with van der Waals surface area (Å²) in [7, 11) is 1.41. The summed E-state index contributed by atoms with van der Waals surface area (Å²) in [6, 6.07) is 3.90. The lowest BCUT2D eigenvalue weighted by Crippen LogP contribution is -2.18. The standard InChI is InChI=1S/C21H21FN2O4S/c1-10-4-6-14-16(8-10)29-20-17(14)19(25)23-18(24-20)11(2)28-21(26)13-7-5-12(27-3)9-15(13)22/h5,7,9-11H,4,6,8H2,1-3H3,(H,23,24,25)/t10-,11-/m1/s1. The molecule has 1 aliphatic carbocycles. The average molecular weight is 416 g/mol. The SMILES string of the molecule is COc1ccc(C(=O)O[C@H](C)c2nc3sc4c(c3c(=O)[nH]2)CC[C@@H](C)C4)c(F)c1. The zero-order valence-electron chi connectivity index (χ0n) is 16.4. The summed E-state index contributed by atoms with van der Waals surface area (Å²) in [5.41, 5.74) is 0.658. The molecule has 0 radical (unpaired) electrons. The van der Waals surface area contributed by atoms with Gasteiger partial charge in [-0.3, -0.25) is 4.79 Å². The van der Waals surface area contributed by atoms with Crippen LogP contribution in [-0.2, 0) is 17.6 Å². The van der Waals surface area contributed by atoms with Crippen LogP contribution in [0.2, 0.25) is 0 Å². The van der Waals surface area contributed by atoms with Crippen molar-refractivity contribution in [3.8, 4) is 5.75 Å². The number of nitrogens with one attached hydrogen (secondary N) is 1. The van der Waals surface area contributed by atoms with E-state index < -0.39 is 17.9 Å². The first kappa shape index (κ1) is 19.6. The summed E-state index contributed by atoms with van der Waals surface area (Å²) < 4.78 is 24.4. The van der Waals surface area contributed by atoms with E-state index in [1.807, 2.05) is 0 Å². The average Bonchev–Trinajstić information content (AvgIpc) is 3.05. The number of carbonyl (C=O) groups excluding carboxylic acids is 1. The highest BCUT2D eigenvalue weighted by atomic mass is 32.1. The van der Waals surface area contributed by atoms with Gasteiger partial charge in [0.1, 0.15) is 16.4 Å². The van der Waals surface area contributed by atoms with Gasteiger partial charge in [0.05, 0.1) is 18.1 Å². The Morgan fingerprint density at radius 3 is 2.93 bits per heavy atom. The zero-order valence-corrected chi connectivity index (χ0v) is 17.2. The number of thiophene rings is 1. The number of halogens is 1. The largest absolute Gasteiger partial charge is 0.497 e. The Labute approximate surface area is 170 Å². The number of nitrogens with zero attached hydrogens (tertiary/aromatic N) is 1. The smallest absolute Gasteiger partial charge is 0.341 e. The van der Waals surface area contributed by atoms with Crippen molar-refractivity contribution in [3.05, 3.63) is 56.2 Å². The number of H-pyrrole nitrogens is 1. The van der Waals surface area contributed by atoms with Gasteiger partial charge in [0.25, 0.3) is 5.56 Å². The Morgan fingerprint density at radius 1 is 1.41 bits per heavy atom. The highest BCUT2D eigenvalue weighted by Gasteiger charge is 2.25. The van der Waals surface area contributed by atoms with E-state index in [1.54, 1.807) is 6.92 Å². The maximum absolute atomic E-state index is 14.1. The number of hydrogen-bond donors (Lipinski definition) is 1. The van der Waals surface area contributed by atoms with Crippen molar-refractivity contribution in [2.45, 2.75) is 39.2 Å². The van der Waals surface area contributed by atoms with E-state index in [2.05, 4.69) is 16.9 Å². The summed E-state index contributed by atoms with van der Waals surface area (Å²) in [6.07, 6.45) is 2.05. The summed E-state index contributed by atoms with van der Waals surface area (Å²) >= 11 is 1.53. The van der Waals surface area contributed by atoms with Gasteiger partial charge < -0.3 is 14.5 Å². The number of benzene rings is 1. The predicted octanol–water partition coefficient (Wildman–Crippen LogP) is 4.18. The summed E-state index contributed by atoms with van der Waals surface area (Å²) in [4.78, 5) is 34.2. The van der Waals surface area contributed by atoms with Gasteiger partial charge in [-0.2, -0.15) is 0 Å². The quantitative estimate of drug-likeness (QED) is 0.646. The Bertz CT molecular complexity index is 1150. The number of ether oxygens (including phenoxy) is 2. The van der Waals surface area contributed by atoms with Crippen molar-refractivity contribution < 1.29 is 18.7 Å². The minimum atomic E-state index is -0.834. The molecule has 0 aliphatic heterocycles. The lowest BCUT2D eigenvalue weighted by molar-refractivity contribution is 0.0314. The van der Waals surface area contributed by atoms with E-state index in [0.717, 1.165) is 30.9 Å². The van der Waals surface area contributed by atoms with Crippen LogP contribution >= 0.6 is 11.3 Å². The first-order valence-electron chi connectivity index (χ1n) is 9.46. The zero-order chi connectivity index (χ0) is 20.7. The van der Waals surface area contributed by atoms with E-state index >= 15 is 0 Å². The van der Waals surface area contributed by atoms with Crippen LogP contribution in [0.15, 0.2) is 23.0 Å². The lowest BCUT2D eigenvalue weighted by atomic mass is 9.89. The normalized spacial score (nSPS) is 17.0. The van der Waals surface area contributed by atoms with E-state index in [1.165, 1.54) is 35.5 Å². The van der Waals surface area contributed by atoms with Gasteiger partial charge in [-0.05, 0) is 49.8 Å². The number of aryl methyl sites for hydroxylation is 1. The molecule has 2 heterocycles. The monoisotopic (exact) mass is 416 g/mol. The third-order valence-electron chi connectivity index (χ3n) is 5.25. The fourth-order valence-electron chi connectivity index (χ4n) is 3.63. The molecule has 0 saturated heterocycles. The number of carbonyl (C=O) groups is 1. The van der Waals surface area contributed by atoms with E-state index in [0.29, 0.717) is 21.9 Å². The number of rotatable bonds is 4. The van der Waals surface area contributed by atoms with Gasteiger partial charge in [0, 0.05) is 10.9 Å². The Morgan fingerprint density at radius 2 is 2.21 bits per heavy atom. The molecule has 8 heteroatoms. The summed E-state index contributed by atoms with van der Waals surface area (Å²) in [5.74, 6) is -0.428. The Balaban J connectivity index is 1.61. The molecule has 29 heavy (non-hydrogen) atoms. The molecule has 0 bridgehead atoms. The third-order valence-corrected chi connectivity index (χ3v) is 6.40. The van der Waals surface area contributed by atoms with Crippen molar-refractivity contribution in [2.24, 2.45) is 5.92 Å². The van der Waals surface area contributed by atoms with Gasteiger partial charge in [0.15, 0.2) is 11.9 Å². The minimum Gasteiger partial charge on any atom is -0.497 e. The van der Waals surface area contributed by atoms with Crippen LogP contribution < -0.4 is 10.3 Å². The number of aromatic amines is 1. The molecular weight excluding hydrogens is 395 g/mol. The Kier molecular flexibility index (Phi) is 5.12. The number of fused-ring (bicyclic) bond motifs is 3. The molecule has 0 spiro atoms. The number of aromatic nitrogens is 2. The fraction of sp³-hybridized carbons (Fsp3) is 0.381. The molecule has 2 aromatic heterocycles. The van der Waals surface area contributed by atoms with E-state index in [-0.39, 0.29) is 16.9 Å². The minimum absolute atomic E-state index is 0.207. The molecule has 0 fully saturated rings. The van der Waals surface area contributed by atoms with E-state index in [9.17, 15) is 14.0 Å². The maximum atomic E-state index is 14.1. The van der Waals surface area contributed by atoms with Gasteiger partial charge in [-0.15, -0.1) is 11.3 Å². The molecule has 152 valence electrons. The van der Waals surface area contributed by atoms with Crippen molar-refractivity contribution in [3.63, 3.8) is 0 Å². The summed E-state index contributed by atoms with van der Waals surface area (Å²) in [6.45, 7) is 3.80. The molecule has 0 amide bonds. The second kappa shape index (κ2) is 7.59. The molecule has 3 aromatic rings. The highest BCUT2D eigenvalue weighted by Crippen LogP contribution is 2.36. The van der Waals surface area contributed by atoms with Gasteiger partial charge in [0.2, 0.25) is 0 Å². The van der Waals surface area contributed by atoms with Crippen LogP contribution in [0, 0.1) is 11.7 Å². The number of hydrogen-bond acceptors (Lipinski definition) is 6. The highest BCUT2D eigenvalue weighted by molar-refractivity contribution is 7.18.